The number of guanidine groups is 1. The second-order valence-corrected chi connectivity index (χ2v) is 6.10. The predicted octanol–water partition coefficient (Wildman–Crippen LogP) is 1.36. The van der Waals surface area contributed by atoms with Crippen LogP contribution in [0.1, 0.15) is 32.6 Å². The van der Waals surface area contributed by atoms with Crippen LogP contribution in [0.2, 0.25) is 0 Å². The number of unbranched alkanes of at least 4 members (excludes halogenated alkanes) is 1. The lowest BCUT2D eigenvalue weighted by Gasteiger charge is -2.12. The molecule has 0 unspecified atom stereocenters. The molecule has 0 spiro atoms. The van der Waals surface area contributed by atoms with Crippen LogP contribution >= 0.6 is 0 Å². The molecule has 7 nitrogen and oxygen atoms in total. The largest absolute Gasteiger partial charge is 0.370 e. The predicted molar refractivity (Wildman–Crippen MR) is 102 cm³/mol. The van der Waals surface area contributed by atoms with Crippen LogP contribution in [0.15, 0.2) is 29.4 Å². The van der Waals surface area contributed by atoms with Gasteiger partial charge in [-0.3, -0.25) is 9.79 Å². The van der Waals surface area contributed by atoms with Gasteiger partial charge in [-0.15, -0.1) is 0 Å². The highest BCUT2D eigenvalue weighted by Gasteiger charge is 2.28. The van der Waals surface area contributed by atoms with E-state index in [4.69, 9.17) is 0 Å². The van der Waals surface area contributed by atoms with Crippen molar-refractivity contribution in [3.63, 3.8) is 0 Å². The molecule has 0 saturated heterocycles. The average Bonchev–Trinajstić information content (AvgIpc) is 3.47. The number of amides is 1. The van der Waals surface area contributed by atoms with E-state index in [1.165, 1.54) is 0 Å². The van der Waals surface area contributed by atoms with Crippen molar-refractivity contribution in [2.45, 2.75) is 32.6 Å². The number of pyridine rings is 1. The Morgan fingerprint density at radius 2 is 2.00 bits per heavy atom. The second kappa shape index (κ2) is 11.3. The molecule has 0 atom stereocenters. The van der Waals surface area contributed by atoms with Crippen LogP contribution in [0.5, 0.6) is 0 Å². The zero-order valence-electron chi connectivity index (χ0n) is 15.1. The van der Waals surface area contributed by atoms with Crippen LogP contribution in [-0.2, 0) is 4.79 Å². The number of carbonyl (C=O) groups is 1. The summed E-state index contributed by atoms with van der Waals surface area (Å²) in [4.78, 5) is 20.3. The van der Waals surface area contributed by atoms with Gasteiger partial charge in [0.1, 0.15) is 5.82 Å². The summed E-state index contributed by atoms with van der Waals surface area (Å²) < 4.78 is 0. The first-order chi connectivity index (χ1) is 12.3. The third-order valence-corrected chi connectivity index (χ3v) is 3.83. The molecule has 0 aromatic carbocycles. The number of hydrogen-bond acceptors (Lipinski definition) is 4. The van der Waals surface area contributed by atoms with Crippen molar-refractivity contribution in [3.8, 4) is 0 Å². The minimum atomic E-state index is 0.184. The van der Waals surface area contributed by atoms with Crippen LogP contribution in [0.3, 0.4) is 0 Å². The molecule has 1 aromatic heterocycles. The minimum absolute atomic E-state index is 0.184. The van der Waals surface area contributed by atoms with E-state index in [0.29, 0.717) is 13.1 Å². The van der Waals surface area contributed by atoms with Gasteiger partial charge in [-0.2, -0.15) is 0 Å². The molecule has 4 N–H and O–H groups in total. The third kappa shape index (κ3) is 8.37. The molecule has 1 aliphatic carbocycles. The summed E-state index contributed by atoms with van der Waals surface area (Å²) in [6.45, 7) is 5.85. The van der Waals surface area contributed by atoms with Crippen molar-refractivity contribution in [2.24, 2.45) is 10.9 Å². The summed E-state index contributed by atoms with van der Waals surface area (Å²) in [7, 11) is 0. The molecule has 7 heteroatoms. The summed E-state index contributed by atoms with van der Waals surface area (Å²) in [6.07, 6.45) is 5.91. The van der Waals surface area contributed by atoms with Gasteiger partial charge in [0.25, 0.3) is 0 Å². The maximum absolute atomic E-state index is 11.6. The van der Waals surface area contributed by atoms with Crippen molar-refractivity contribution < 1.29 is 4.79 Å². The lowest BCUT2D eigenvalue weighted by Crippen LogP contribution is -2.41. The van der Waals surface area contributed by atoms with Crippen LogP contribution in [0, 0.1) is 5.92 Å². The quantitative estimate of drug-likeness (QED) is 0.276. The lowest BCUT2D eigenvalue weighted by molar-refractivity contribution is -0.122. The number of anilines is 1. The van der Waals surface area contributed by atoms with Gasteiger partial charge in [0.15, 0.2) is 5.96 Å². The Balaban J connectivity index is 1.54. The minimum Gasteiger partial charge on any atom is -0.370 e. The molecule has 0 bridgehead atoms. The van der Waals surface area contributed by atoms with Crippen LogP contribution in [0.4, 0.5) is 5.82 Å². The van der Waals surface area contributed by atoms with E-state index in [2.05, 4.69) is 31.2 Å². The van der Waals surface area contributed by atoms with Crippen molar-refractivity contribution in [1.29, 1.82) is 0 Å². The van der Waals surface area contributed by atoms with Crippen molar-refractivity contribution >= 4 is 17.7 Å². The Labute approximate surface area is 150 Å². The van der Waals surface area contributed by atoms with E-state index in [9.17, 15) is 4.79 Å². The van der Waals surface area contributed by atoms with E-state index in [0.717, 1.165) is 57.1 Å². The van der Waals surface area contributed by atoms with Crippen LogP contribution in [-0.4, -0.2) is 49.6 Å². The standard InChI is InChI=1S/C18H30N6O/c1-2-19-18(24-14-13-22-17(25)15-8-9-15)23-12-6-5-11-21-16-7-3-4-10-20-16/h3-4,7,10,15H,2,5-6,8-9,11-14H2,1H3,(H,20,21)(H,22,25)(H2,19,23,24). The fourth-order valence-electron chi connectivity index (χ4n) is 2.31. The Kier molecular flexibility index (Phi) is 8.58. The monoisotopic (exact) mass is 346 g/mol. The number of nitrogens with one attached hydrogen (secondary N) is 4. The molecule has 0 radical (unpaired) electrons. The van der Waals surface area contributed by atoms with E-state index in [1.807, 2.05) is 25.1 Å². The van der Waals surface area contributed by atoms with Crippen molar-refractivity contribution in [2.75, 3.05) is 38.0 Å². The fourth-order valence-corrected chi connectivity index (χ4v) is 2.31. The highest BCUT2D eigenvalue weighted by atomic mass is 16.2. The van der Waals surface area contributed by atoms with Gasteiger partial charge in [0.2, 0.25) is 5.91 Å². The highest BCUT2D eigenvalue weighted by molar-refractivity contribution is 5.81. The van der Waals surface area contributed by atoms with Crippen LogP contribution in [0.25, 0.3) is 0 Å². The van der Waals surface area contributed by atoms with Gasteiger partial charge in [0, 0.05) is 44.8 Å². The SMILES string of the molecule is CCNC(=NCCCCNc1ccccn1)NCCNC(=O)C1CC1. The Morgan fingerprint density at radius 1 is 1.16 bits per heavy atom. The summed E-state index contributed by atoms with van der Waals surface area (Å²) in [5.74, 6) is 2.17. The summed E-state index contributed by atoms with van der Waals surface area (Å²) in [6, 6.07) is 5.85. The van der Waals surface area contributed by atoms with Gasteiger partial charge in [-0.05, 0) is 44.7 Å². The first-order valence-electron chi connectivity index (χ1n) is 9.24. The number of rotatable bonds is 11. The Morgan fingerprint density at radius 3 is 2.72 bits per heavy atom. The molecule has 1 saturated carbocycles. The third-order valence-electron chi connectivity index (χ3n) is 3.83. The van der Waals surface area contributed by atoms with Crippen molar-refractivity contribution in [1.82, 2.24) is 20.9 Å². The van der Waals surface area contributed by atoms with E-state index in [-0.39, 0.29) is 11.8 Å². The number of aliphatic imine (C=N–C) groups is 1. The van der Waals surface area contributed by atoms with Gasteiger partial charge in [0.05, 0.1) is 0 Å². The smallest absolute Gasteiger partial charge is 0.223 e. The van der Waals surface area contributed by atoms with Gasteiger partial charge >= 0.3 is 0 Å². The number of hydrogen-bond donors (Lipinski definition) is 4. The molecule has 1 heterocycles. The maximum atomic E-state index is 11.6. The van der Waals surface area contributed by atoms with Crippen LogP contribution < -0.4 is 21.3 Å². The second-order valence-electron chi connectivity index (χ2n) is 6.10. The maximum Gasteiger partial charge on any atom is 0.223 e. The lowest BCUT2D eigenvalue weighted by atomic mass is 10.3. The molecular weight excluding hydrogens is 316 g/mol. The van der Waals surface area contributed by atoms with Gasteiger partial charge in [-0.1, -0.05) is 6.07 Å². The molecule has 25 heavy (non-hydrogen) atoms. The first-order valence-corrected chi connectivity index (χ1v) is 9.24. The Hall–Kier alpha value is -2.31. The molecule has 1 aliphatic rings. The summed E-state index contributed by atoms with van der Waals surface area (Å²) >= 11 is 0. The molecule has 1 aromatic rings. The zero-order chi connectivity index (χ0) is 17.7. The number of carbonyl (C=O) groups excluding carboxylic acids is 1. The zero-order valence-corrected chi connectivity index (χ0v) is 15.1. The number of nitrogens with zero attached hydrogens (tertiary/aromatic N) is 2. The molecule has 0 aliphatic heterocycles. The average molecular weight is 346 g/mol. The normalized spacial score (nSPS) is 14.0. The number of aromatic nitrogens is 1. The van der Waals surface area contributed by atoms with Gasteiger partial charge < -0.3 is 21.3 Å². The van der Waals surface area contributed by atoms with E-state index < -0.39 is 0 Å². The summed E-state index contributed by atoms with van der Waals surface area (Å²) in [5, 5.41) is 12.7. The molecule has 1 fully saturated rings. The first kappa shape index (κ1) is 19.0. The van der Waals surface area contributed by atoms with Gasteiger partial charge in [-0.25, -0.2) is 4.98 Å². The molecule has 2 rings (SSSR count). The topological polar surface area (TPSA) is 90.4 Å². The highest BCUT2D eigenvalue weighted by Crippen LogP contribution is 2.28. The van der Waals surface area contributed by atoms with Crippen molar-refractivity contribution in [3.05, 3.63) is 24.4 Å². The van der Waals surface area contributed by atoms with E-state index in [1.54, 1.807) is 6.20 Å². The fraction of sp³-hybridized carbons (Fsp3) is 0.611. The molecule has 138 valence electrons. The molecule has 1 amide bonds. The Bertz CT molecular complexity index is 530. The molecular formula is C18H30N6O. The van der Waals surface area contributed by atoms with E-state index >= 15 is 0 Å². The summed E-state index contributed by atoms with van der Waals surface area (Å²) in [5.41, 5.74) is 0.